The van der Waals surface area contributed by atoms with Gasteiger partial charge in [0.25, 0.3) is 0 Å². The van der Waals surface area contributed by atoms with Crippen molar-refractivity contribution in [1.82, 2.24) is 0 Å². The SMILES string of the molecule is CC(C)(C#N)CCCCNc1ccc(Cl)c(Cl)c1. The van der Waals surface area contributed by atoms with Crippen LogP contribution in [-0.4, -0.2) is 6.54 Å². The molecular weight excluding hydrogens is 267 g/mol. The van der Waals surface area contributed by atoms with Crippen molar-refractivity contribution >= 4 is 28.9 Å². The van der Waals surface area contributed by atoms with E-state index >= 15 is 0 Å². The zero-order chi connectivity index (χ0) is 13.6. The van der Waals surface area contributed by atoms with E-state index in [2.05, 4.69) is 11.4 Å². The summed E-state index contributed by atoms with van der Waals surface area (Å²) in [5.41, 5.74) is 0.757. The molecule has 0 aliphatic carbocycles. The average Bonchev–Trinajstić information content (AvgIpc) is 2.33. The van der Waals surface area contributed by atoms with Crippen molar-refractivity contribution in [3.63, 3.8) is 0 Å². The van der Waals surface area contributed by atoms with Gasteiger partial charge in [0.15, 0.2) is 0 Å². The quantitative estimate of drug-likeness (QED) is 0.736. The monoisotopic (exact) mass is 284 g/mol. The molecule has 1 aromatic rings. The van der Waals surface area contributed by atoms with Gasteiger partial charge in [0.2, 0.25) is 0 Å². The molecule has 0 atom stereocenters. The van der Waals surface area contributed by atoms with Gasteiger partial charge in [-0.1, -0.05) is 29.6 Å². The first-order valence-electron chi connectivity index (χ1n) is 6.05. The third-order valence-corrected chi connectivity index (χ3v) is 3.52. The van der Waals surface area contributed by atoms with E-state index in [0.29, 0.717) is 10.0 Å². The van der Waals surface area contributed by atoms with E-state index in [1.54, 1.807) is 6.07 Å². The Labute approximate surface area is 119 Å². The van der Waals surface area contributed by atoms with Gasteiger partial charge in [-0.2, -0.15) is 5.26 Å². The van der Waals surface area contributed by atoms with Crippen LogP contribution in [0.3, 0.4) is 0 Å². The molecule has 0 spiro atoms. The van der Waals surface area contributed by atoms with Gasteiger partial charge in [0.05, 0.1) is 21.5 Å². The number of unbranched alkanes of at least 4 members (excludes halogenated alkanes) is 1. The largest absolute Gasteiger partial charge is 0.385 e. The first-order chi connectivity index (χ1) is 8.44. The molecule has 1 N–H and O–H groups in total. The molecule has 18 heavy (non-hydrogen) atoms. The third kappa shape index (κ3) is 5.16. The number of nitriles is 1. The zero-order valence-corrected chi connectivity index (χ0v) is 12.3. The molecule has 0 amide bonds. The fourth-order valence-electron chi connectivity index (χ4n) is 1.59. The number of hydrogen-bond acceptors (Lipinski definition) is 2. The Balaban J connectivity index is 2.26. The molecule has 0 unspecified atom stereocenters. The number of benzene rings is 1. The van der Waals surface area contributed by atoms with Crippen LogP contribution in [0, 0.1) is 16.7 Å². The van der Waals surface area contributed by atoms with Crippen molar-refractivity contribution in [2.75, 3.05) is 11.9 Å². The molecular formula is C14H18Cl2N2. The number of anilines is 1. The molecule has 0 aliphatic heterocycles. The van der Waals surface area contributed by atoms with Gasteiger partial charge >= 0.3 is 0 Å². The van der Waals surface area contributed by atoms with Crippen LogP contribution in [0.2, 0.25) is 10.0 Å². The van der Waals surface area contributed by atoms with Crippen LogP contribution in [0.25, 0.3) is 0 Å². The van der Waals surface area contributed by atoms with Crippen LogP contribution >= 0.6 is 23.2 Å². The zero-order valence-electron chi connectivity index (χ0n) is 10.8. The van der Waals surface area contributed by atoms with E-state index in [0.717, 1.165) is 31.5 Å². The topological polar surface area (TPSA) is 35.8 Å². The maximum Gasteiger partial charge on any atom is 0.0683 e. The molecule has 0 heterocycles. The van der Waals surface area contributed by atoms with Gasteiger partial charge in [-0.15, -0.1) is 0 Å². The molecule has 4 heteroatoms. The predicted molar refractivity (Wildman–Crippen MR) is 78.2 cm³/mol. The molecule has 2 nitrogen and oxygen atoms in total. The molecule has 1 rings (SSSR count). The molecule has 0 saturated heterocycles. The van der Waals surface area contributed by atoms with Crippen molar-refractivity contribution in [2.45, 2.75) is 33.1 Å². The van der Waals surface area contributed by atoms with Crippen LogP contribution < -0.4 is 5.32 Å². The fourth-order valence-corrected chi connectivity index (χ4v) is 1.88. The summed E-state index contributed by atoms with van der Waals surface area (Å²) in [5.74, 6) is 0. The summed E-state index contributed by atoms with van der Waals surface area (Å²) in [4.78, 5) is 0. The smallest absolute Gasteiger partial charge is 0.0683 e. The van der Waals surface area contributed by atoms with Crippen LogP contribution in [0.1, 0.15) is 33.1 Å². The van der Waals surface area contributed by atoms with Gasteiger partial charge in [0, 0.05) is 12.2 Å². The maximum atomic E-state index is 8.89. The minimum atomic E-state index is -0.219. The fraction of sp³-hybridized carbons (Fsp3) is 0.500. The van der Waals surface area contributed by atoms with E-state index in [1.807, 2.05) is 26.0 Å². The first-order valence-corrected chi connectivity index (χ1v) is 6.80. The summed E-state index contributed by atoms with van der Waals surface area (Å²) >= 11 is 11.8. The van der Waals surface area contributed by atoms with Gasteiger partial charge < -0.3 is 5.32 Å². The Morgan fingerprint density at radius 2 is 1.94 bits per heavy atom. The standard InChI is InChI=1S/C14H18Cl2N2/c1-14(2,10-17)7-3-4-8-18-11-5-6-12(15)13(16)9-11/h5-6,9,18H,3-4,7-8H2,1-2H3. The summed E-state index contributed by atoms with van der Waals surface area (Å²) in [6.07, 6.45) is 2.99. The number of hydrogen-bond donors (Lipinski definition) is 1. The molecule has 1 aromatic carbocycles. The highest BCUT2D eigenvalue weighted by Crippen LogP contribution is 2.25. The highest BCUT2D eigenvalue weighted by molar-refractivity contribution is 6.42. The first kappa shape index (κ1) is 15.1. The molecule has 0 bridgehead atoms. The lowest BCUT2D eigenvalue weighted by atomic mass is 9.89. The van der Waals surface area contributed by atoms with E-state index in [1.165, 1.54) is 0 Å². The lowest BCUT2D eigenvalue weighted by molar-refractivity contribution is 0.430. The third-order valence-electron chi connectivity index (χ3n) is 2.78. The maximum absolute atomic E-state index is 8.89. The minimum absolute atomic E-state index is 0.219. The lowest BCUT2D eigenvalue weighted by Gasteiger charge is -2.14. The molecule has 0 aromatic heterocycles. The highest BCUT2D eigenvalue weighted by atomic mass is 35.5. The van der Waals surface area contributed by atoms with Crippen LogP contribution in [0.15, 0.2) is 18.2 Å². The van der Waals surface area contributed by atoms with Gasteiger partial charge in [-0.25, -0.2) is 0 Å². The Hall–Kier alpha value is -0.910. The van der Waals surface area contributed by atoms with Gasteiger partial charge in [-0.05, 0) is 44.9 Å². The highest BCUT2D eigenvalue weighted by Gasteiger charge is 2.15. The van der Waals surface area contributed by atoms with Gasteiger partial charge in [0.1, 0.15) is 0 Å². The predicted octanol–water partition coefficient (Wildman–Crippen LogP) is 5.13. The Morgan fingerprint density at radius 1 is 1.22 bits per heavy atom. The molecule has 0 aliphatic rings. The minimum Gasteiger partial charge on any atom is -0.385 e. The number of nitrogens with one attached hydrogen (secondary N) is 1. The normalized spacial score (nSPS) is 11.1. The lowest BCUT2D eigenvalue weighted by Crippen LogP contribution is -2.09. The van der Waals surface area contributed by atoms with Crippen molar-refractivity contribution < 1.29 is 0 Å². The second-order valence-corrected chi connectivity index (χ2v) is 5.82. The van der Waals surface area contributed by atoms with E-state index in [-0.39, 0.29) is 5.41 Å². The van der Waals surface area contributed by atoms with Crippen LogP contribution in [0.5, 0.6) is 0 Å². The van der Waals surface area contributed by atoms with Crippen molar-refractivity contribution in [3.05, 3.63) is 28.2 Å². The number of rotatable bonds is 6. The Bertz CT molecular complexity index is 436. The second kappa shape index (κ2) is 6.87. The average molecular weight is 285 g/mol. The van der Waals surface area contributed by atoms with E-state index < -0.39 is 0 Å². The van der Waals surface area contributed by atoms with Gasteiger partial charge in [-0.3, -0.25) is 0 Å². The summed E-state index contributed by atoms with van der Waals surface area (Å²) in [5, 5.41) is 13.3. The molecule has 0 fully saturated rings. The molecule has 0 saturated carbocycles. The summed E-state index contributed by atoms with van der Waals surface area (Å²) in [7, 11) is 0. The Morgan fingerprint density at radius 3 is 2.56 bits per heavy atom. The summed E-state index contributed by atoms with van der Waals surface area (Å²) in [6, 6.07) is 7.83. The van der Waals surface area contributed by atoms with Crippen LogP contribution in [-0.2, 0) is 0 Å². The second-order valence-electron chi connectivity index (χ2n) is 5.01. The summed E-state index contributed by atoms with van der Waals surface area (Å²) in [6.45, 7) is 4.82. The van der Waals surface area contributed by atoms with Crippen LogP contribution in [0.4, 0.5) is 5.69 Å². The molecule has 98 valence electrons. The number of nitrogens with zero attached hydrogens (tertiary/aromatic N) is 1. The van der Waals surface area contributed by atoms with Crippen molar-refractivity contribution in [3.8, 4) is 6.07 Å². The Kier molecular flexibility index (Phi) is 5.78. The summed E-state index contributed by atoms with van der Waals surface area (Å²) < 4.78 is 0. The van der Waals surface area contributed by atoms with E-state index in [9.17, 15) is 0 Å². The van der Waals surface area contributed by atoms with Crippen molar-refractivity contribution in [1.29, 1.82) is 5.26 Å². The molecule has 0 radical (unpaired) electrons. The number of halogens is 2. The van der Waals surface area contributed by atoms with Crippen molar-refractivity contribution in [2.24, 2.45) is 5.41 Å². The van der Waals surface area contributed by atoms with E-state index in [4.69, 9.17) is 28.5 Å².